The molecule has 0 rings (SSSR count). The number of nitrogens with two attached hydrogens (primary N) is 1. The van der Waals surface area contributed by atoms with Gasteiger partial charge in [0.15, 0.2) is 0 Å². The van der Waals surface area contributed by atoms with Crippen LogP contribution in [0.15, 0.2) is 0 Å². The van der Waals surface area contributed by atoms with Crippen LogP contribution >= 0.6 is 0 Å². The quantitative estimate of drug-likeness (QED) is 0.441. The molecule has 0 aromatic heterocycles. The van der Waals surface area contributed by atoms with Crippen molar-refractivity contribution in [2.75, 3.05) is 0 Å². The van der Waals surface area contributed by atoms with Gasteiger partial charge in [-0.1, -0.05) is 0 Å². The summed E-state index contributed by atoms with van der Waals surface area (Å²) in [7, 11) is 0. The Morgan fingerprint density at radius 3 is 1.63 bits per heavy atom. The molecular formula is C21H38N2O7. The average molecular weight is 431 g/mol. The van der Waals surface area contributed by atoms with Crippen molar-refractivity contribution in [2.45, 2.75) is 110 Å². The third-order valence-electron chi connectivity index (χ3n) is 3.21. The summed E-state index contributed by atoms with van der Waals surface area (Å²) in [6.45, 7) is 15.3. The van der Waals surface area contributed by atoms with E-state index in [4.69, 9.17) is 19.9 Å². The zero-order chi connectivity index (χ0) is 23.9. The molecule has 0 aromatic rings. The largest absolute Gasteiger partial charge is 0.460 e. The molecule has 0 unspecified atom stereocenters. The van der Waals surface area contributed by atoms with E-state index in [1.165, 1.54) is 0 Å². The molecule has 2 atom stereocenters. The van der Waals surface area contributed by atoms with Gasteiger partial charge < -0.3 is 25.3 Å². The van der Waals surface area contributed by atoms with Crippen molar-refractivity contribution >= 4 is 23.8 Å². The molecular weight excluding hydrogens is 392 g/mol. The van der Waals surface area contributed by atoms with Crippen LogP contribution in [0.4, 0.5) is 0 Å². The van der Waals surface area contributed by atoms with Crippen molar-refractivity contribution in [1.29, 1.82) is 0 Å². The summed E-state index contributed by atoms with van der Waals surface area (Å²) in [6, 6.07) is -2.20. The Bertz CT molecular complexity index is 625. The maximum atomic E-state index is 12.5. The highest BCUT2D eigenvalue weighted by Crippen LogP contribution is 2.14. The normalized spacial score (nSPS) is 14.3. The van der Waals surface area contributed by atoms with Gasteiger partial charge in [-0.3, -0.25) is 14.4 Å². The van der Waals surface area contributed by atoms with Crippen LogP contribution < -0.4 is 11.1 Å². The molecule has 0 saturated heterocycles. The summed E-state index contributed by atoms with van der Waals surface area (Å²) >= 11 is 0. The highest BCUT2D eigenvalue weighted by molar-refractivity contribution is 5.88. The lowest BCUT2D eigenvalue weighted by molar-refractivity contribution is -0.165. The first-order valence-corrected chi connectivity index (χ1v) is 10.0. The zero-order valence-electron chi connectivity index (χ0n) is 19.7. The summed E-state index contributed by atoms with van der Waals surface area (Å²) in [5.74, 6) is -2.57. The first-order chi connectivity index (χ1) is 13.3. The molecule has 30 heavy (non-hydrogen) atoms. The van der Waals surface area contributed by atoms with Crippen LogP contribution in [0.1, 0.15) is 81.6 Å². The van der Waals surface area contributed by atoms with E-state index >= 15 is 0 Å². The minimum absolute atomic E-state index is 0.0220. The van der Waals surface area contributed by atoms with Crippen LogP contribution in [0.25, 0.3) is 0 Å². The van der Waals surface area contributed by atoms with Crippen LogP contribution in [-0.4, -0.2) is 52.7 Å². The number of rotatable bonds is 8. The third kappa shape index (κ3) is 13.9. The Hall–Kier alpha value is -2.16. The monoisotopic (exact) mass is 430 g/mol. The van der Waals surface area contributed by atoms with Crippen LogP contribution in [0.5, 0.6) is 0 Å². The molecule has 0 aliphatic rings. The fraction of sp³-hybridized carbons (Fsp3) is 0.810. The number of nitrogens with one attached hydrogen (secondary N) is 1. The van der Waals surface area contributed by atoms with Gasteiger partial charge in [-0.15, -0.1) is 0 Å². The van der Waals surface area contributed by atoms with Crippen molar-refractivity contribution < 1.29 is 33.4 Å². The number of ether oxygens (including phenoxy) is 3. The zero-order valence-corrected chi connectivity index (χ0v) is 19.7. The minimum Gasteiger partial charge on any atom is -0.460 e. The maximum Gasteiger partial charge on any atom is 0.329 e. The lowest BCUT2D eigenvalue weighted by Gasteiger charge is -2.26. The van der Waals surface area contributed by atoms with Crippen molar-refractivity contribution in [3.05, 3.63) is 0 Å². The van der Waals surface area contributed by atoms with Crippen molar-refractivity contribution in [3.8, 4) is 0 Å². The molecule has 3 N–H and O–H groups in total. The van der Waals surface area contributed by atoms with Gasteiger partial charge in [0.2, 0.25) is 5.91 Å². The average Bonchev–Trinajstić information content (AvgIpc) is 2.46. The molecule has 0 aliphatic heterocycles. The van der Waals surface area contributed by atoms with Crippen LogP contribution in [0.3, 0.4) is 0 Å². The Balaban J connectivity index is 4.99. The molecule has 9 nitrogen and oxygen atoms in total. The van der Waals surface area contributed by atoms with E-state index in [0.717, 1.165) is 0 Å². The second kappa shape index (κ2) is 10.7. The minimum atomic E-state index is -1.22. The van der Waals surface area contributed by atoms with Gasteiger partial charge in [0.25, 0.3) is 0 Å². The maximum absolute atomic E-state index is 12.5. The predicted octanol–water partition coefficient (Wildman–Crippen LogP) is 1.99. The molecule has 0 aromatic carbocycles. The second-order valence-corrected chi connectivity index (χ2v) is 10.1. The lowest BCUT2D eigenvalue weighted by Crippen LogP contribution is -2.46. The number of amides is 1. The Morgan fingerprint density at radius 2 is 1.20 bits per heavy atom. The molecule has 0 radical (unpaired) electrons. The van der Waals surface area contributed by atoms with E-state index < -0.39 is 52.7 Å². The Kier molecular flexibility index (Phi) is 9.97. The van der Waals surface area contributed by atoms with Crippen LogP contribution in [0, 0.1) is 0 Å². The smallest absolute Gasteiger partial charge is 0.329 e. The Labute approximate surface area is 179 Å². The first-order valence-electron chi connectivity index (χ1n) is 10.0. The van der Waals surface area contributed by atoms with Gasteiger partial charge in [-0.25, -0.2) is 4.79 Å². The van der Waals surface area contributed by atoms with E-state index in [2.05, 4.69) is 5.32 Å². The standard InChI is InChI=1S/C21H38N2O7/c1-19(2,3)28-16(25)12-14(18(27)30-21(7,8)9)23-15(24)11-10-13(22)17(26)29-20(4,5)6/h13-14H,10-12,22H2,1-9H3,(H,23,24)/t13-,14-/m0/s1. The van der Waals surface area contributed by atoms with E-state index in [-0.39, 0.29) is 19.3 Å². The van der Waals surface area contributed by atoms with E-state index in [1.807, 2.05) is 0 Å². The summed E-state index contributed by atoms with van der Waals surface area (Å²) in [5.41, 5.74) is 3.55. The predicted molar refractivity (Wildman–Crippen MR) is 111 cm³/mol. The summed E-state index contributed by atoms with van der Waals surface area (Å²) in [4.78, 5) is 48.8. The van der Waals surface area contributed by atoms with Crippen LogP contribution in [0.2, 0.25) is 0 Å². The second-order valence-electron chi connectivity index (χ2n) is 10.1. The van der Waals surface area contributed by atoms with Crippen molar-refractivity contribution in [3.63, 3.8) is 0 Å². The molecule has 0 saturated carbocycles. The van der Waals surface area contributed by atoms with Crippen molar-refractivity contribution in [2.24, 2.45) is 5.73 Å². The highest BCUT2D eigenvalue weighted by Gasteiger charge is 2.31. The van der Waals surface area contributed by atoms with Crippen LogP contribution in [-0.2, 0) is 33.4 Å². The number of esters is 3. The summed E-state index contributed by atoms with van der Waals surface area (Å²) < 4.78 is 15.7. The van der Waals surface area contributed by atoms with E-state index in [9.17, 15) is 19.2 Å². The van der Waals surface area contributed by atoms with Crippen molar-refractivity contribution in [1.82, 2.24) is 5.32 Å². The first kappa shape index (κ1) is 27.8. The van der Waals surface area contributed by atoms with Gasteiger partial charge in [-0.2, -0.15) is 0 Å². The van der Waals surface area contributed by atoms with Gasteiger partial charge in [-0.05, 0) is 68.7 Å². The number of carbonyl (C=O) groups is 4. The molecule has 0 spiro atoms. The number of hydrogen-bond acceptors (Lipinski definition) is 8. The molecule has 9 heteroatoms. The van der Waals surface area contributed by atoms with Gasteiger partial charge in [0.1, 0.15) is 28.9 Å². The Morgan fingerprint density at radius 1 is 0.767 bits per heavy atom. The van der Waals surface area contributed by atoms with Gasteiger partial charge >= 0.3 is 17.9 Å². The lowest BCUT2D eigenvalue weighted by atomic mass is 10.1. The molecule has 0 fully saturated rings. The fourth-order valence-corrected chi connectivity index (χ4v) is 2.16. The summed E-state index contributed by atoms with van der Waals surface area (Å²) in [6.07, 6.45) is -0.488. The number of hydrogen-bond donors (Lipinski definition) is 2. The van der Waals surface area contributed by atoms with E-state index in [1.54, 1.807) is 62.3 Å². The van der Waals surface area contributed by atoms with E-state index in [0.29, 0.717) is 0 Å². The third-order valence-corrected chi connectivity index (χ3v) is 3.21. The summed E-state index contributed by atoms with van der Waals surface area (Å²) in [5, 5.41) is 2.48. The number of carbonyl (C=O) groups excluding carboxylic acids is 4. The molecule has 0 bridgehead atoms. The van der Waals surface area contributed by atoms with Gasteiger partial charge in [0, 0.05) is 6.42 Å². The topological polar surface area (TPSA) is 134 Å². The molecule has 174 valence electrons. The highest BCUT2D eigenvalue weighted by atomic mass is 16.6. The van der Waals surface area contributed by atoms with Gasteiger partial charge in [0.05, 0.1) is 6.42 Å². The molecule has 0 heterocycles. The fourth-order valence-electron chi connectivity index (χ4n) is 2.16. The molecule has 1 amide bonds. The molecule has 0 aliphatic carbocycles. The SMILES string of the molecule is CC(C)(C)OC(=O)C[C@H](NC(=O)CC[C@H](N)C(=O)OC(C)(C)C)C(=O)OC(C)(C)C.